The predicted octanol–water partition coefficient (Wildman–Crippen LogP) is 2.14. The zero-order valence-electron chi connectivity index (χ0n) is 10.0. The Balaban J connectivity index is 2.36. The Hall–Kier alpha value is -1.29. The first-order chi connectivity index (χ1) is 8.19. The second kappa shape index (κ2) is 4.92. The smallest absolute Gasteiger partial charge is 0.299 e. The highest BCUT2D eigenvalue weighted by molar-refractivity contribution is 7.98. The number of carbonyl (C=O) groups is 2. The number of Topliss-reactive ketones (excluding diaryl/α,β-unsaturated/α-hetero) is 1. The minimum Gasteiger partial charge on any atom is -0.304 e. The number of aryl methyl sites for hydroxylation is 1. The Labute approximate surface area is 105 Å². The van der Waals surface area contributed by atoms with Gasteiger partial charge in [0, 0.05) is 12.3 Å². The van der Waals surface area contributed by atoms with Crippen LogP contribution in [0.3, 0.4) is 0 Å². The number of ketones is 1. The van der Waals surface area contributed by atoms with E-state index in [-0.39, 0.29) is 11.7 Å². The lowest BCUT2D eigenvalue weighted by molar-refractivity contribution is -0.114. The van der Waals surface area contributed by atoms with Crippen LogP contribution in [-0.4, -0.2) is 30.2 Å². The van der Waals surface area contributed by atoms with Crippen molar-refractivity contribution in [2.75, 3.05) is 23.5 Å². The van der Waals surface area contributed by atoms with E-state index in [0.29, 0.717) is 12.1 Å². The number of hydrogen-bond donors (Lipinski definition) is 0. The summed E-state index contributed by atoms with van der Waals surface area (Å²) in [7, 11) is 0. The Morgan fingerprint density at radius 1 is 1.29 bits per heavy atom. The summed E-state index contributed by atoms with van der Waals surface area (Å²) in [4.78, 5) is 25.3. The third-order valence-electron chi connectivity index (χ3n) is 2.96. The van der Waals surface area contributed by atoms with E-state index >= 15 is 0 Å². The maximum atomic E-state index is 11.8. The van der Waals surface area contributed by atoms with Gasteiger partial charge in [0.2, 0.25) is 0 Å². The van der Waals surface area contributed by atoms with Gasteiger partial charge in [-0.3, -0.25) is 9.59 Å². The fourth-order valence-corrected chi connectivity index (χ4v) is 2.34. The number of benzene rings is 1. The first-order valence-electron chi connectivity index (χ1n) is 5.67. The second-order valence-electron chi connectivity index (χ2n) is 3.98. The molecule has 0 fully saturated rings. The van der Waals surface area contributed by atoms with Gasteiger partial charge in [-0.05, 0) is 30.4 Å². The minimum absolute atomic E-state index is 0.364. The molecule has 0 atom stereocenters. The van der Waals surface area contributed by atoms with E-state index in [9.17, 15) is 9.59 Å². The largest absolute Gasteiger partial charge is 0.304 e. The molecule has 1 aliphatic heterocycles. The topological polar surface area (TPSA) is 37.4 Å². The molecule has 0 unspecified atom stereocenters. The number of hydrogen-bond acceptors (Lipinski definition) is 3. The number of nitrogens with zero attached hydrogens (tertiary/aromatic N) is 1. The molecule has 0 aliphatic carbocycles. The number of thioether (sulfide) groups is 1. The molecule has 1 aromatic rings. The van der Waals surface area contributed by atoms with Gasteiger partial charge in [0.15, 0.2) is 0 Å². The van der Waals surface area contributed by atoms with E-state index in [1.54, 1.807) is 16.7 Å². The van der Waals surface area contributed by atoms with Crippen LogP contribution in [0, 0.1) is 0 Å². The molecule has 0 saturated carbocycles. The Kier molecular flexibility index (Phi) is 3.52. The first kappa shape index (κ1) is 12.2. The van der Waals surface area contributed by atoms with Crippen molar-refractivity contribution in [3.63, 3.8) is 0 Å². The molecule has 0 aromatic heterocycles. The van der Waals surface area contributed by atoms with Crippen molar-refractivity contribution in [2.24, 2.45) is 0 Å². The normalized spacial score (nSPS) is 14.4. The highest BCUT2D eigenvalue weighted by Crippen LogP contribution is 2.29. The summed E-state index contributed by atoms with van der Waals surface area (Å²) in [6, 6.07) is 5.71. The van der Waals surface area contributed by atoms with Crippen LogP contribution in [0.2, 0.25) is 0 Å². The van der Waals surface area contributed by atoms with E-state index in [0.717, 1.165) is 23.4 Å². The van der Waals surface area contributed by atoms with Crippen LogP contribution < -0.4 is 4.90 Å². The third-order valence-corrected chi connectivity index (χ3v) is 3.55. The lowest BCUT2D eigenvalue weighted by Crippen LogP contribution is -2.31. The van der Waals surface area contributed by atoms with Gasteiger partial charge in [-0.1, -0.05) is 13.0 Å². The quantitative estimate of drug-likeness (QED) is 0.767. The van der Waals surface area contributed by atoms with Crippen LogP contribution in [-0.2, 0) is 11.2 Å². The Bertz CT molecular complexity index is 470. The van der Waals surface area contributed by atoms with E-state index < -0.39 is 0 Å². The third kappa shape index (κ3) is 2.09. The van der Waals surface area contributed by atoms with E-state index in [2.05, 4.69) is 0 Å². The summed E-state index contributed by atoms with van der Waals surface area (Å²) in [6.45, 7) is 2.64. The minimum atomic E-state index is -0.387. The van der Waals surface area contributed by atoms with Crippen molar-refractivity contribution < 1.29 is 9.59 Å². The van der Waals surface area contributed by atoms with Crippen molar-refractivity contribution >= 4 is 29.1 Å². The number of fused-ring (bicyclic) bond motifs is 1. The molecule has 90 valence electrons. The fraction of sp³-hybridized carbons (Fsp3) is 0.385. The first-order valence-corrected chi connectivity index (χ1v) is 7.06. The molecule has 3 nitrogen and oxygen atoms in total. The van der Waals surface area contributed by atoms with Crippen LogP contribution in [0.15, 0.2) is 18.2 Å². The average Bonchev–Trinajstić information content (AvgIpc) is 2.60. The number of carbonyl (C=O) groups excluding carboxylic acids is 2. The zero-order chi connectivity index (χ0) is 12.4. The lowest BCUT2D eigenvalue weighted by atomic mass is 10.1. The summed E-state index contributed by atoms with van der Waals surface area (Å²) >= 11 is 1.67. The molecule has 4 heteroatoms. The summed E-state index contributed by atoms with van der Waals surface area (Å²) in [6.07, 6.45) is 2.86. The summed E-state index contributed by atoms with van der Waals surface area (Å²) in [5, 5.41) is 0. The van der Waals surface area contributed by atoms with Gasteiger partial charge >= 0.3 is 0 Å². The summed E-state index contributed by atoms with van der Waals surface area (Å²) in [5.74, 6) is 0.0901. The zero-order valence-corrected chi connectivity index (χ0v) is 10.8. The van der Waals surface area contributed by atoms with Crippen LogP contribution in [0.5, 0.6) is 0 Å². The molecule has 2 rings (SSSR count). The van der Waals surface area contributed by atoms with E-state index in [1.165, 1.54) is 0 Å². The van der Waals surface area contributed by atoms with Crippen molar-refractivity contribution in [3.05, 3.63) is 29.3 Å². The van der Waals surface area contributed by atoms with Gasteiger partial charge in [0.05, 0.1) is 11.3 Å². The Morgan fingerprint density at radius 3 is 2.71 bits per heavy atom. The van der Waals surface area contributed by atoms with E-state index in [4.69, 9.17) is 0 Å². The highest BCUT2D eigenvalue weighted by Gasteiger charge is 2.35. The molecule has 0 bridgehead atoms. The SMILES string of the molecule is CCc1ccc2c(c1)C(=O)C(=O)N2CCSC. The van der Waals surface area contributed by atoms with Crippen LogP contribution in [0.25, 0.3) is 0 Å². The average molecular weight is 249 g/mol. The van der Waals surface area contributed by atoms with Crippen molar-refractivity contribution in [1.82, 2.24) is 0 Å². The van der Waals surface area contributed by atoms with Crippen molar-refractivity contribution in [1.29, 1.82) is 0 Å². The molecule has 1 aliphatic rings. The number of anilines is 1. The molecule has 0 spiro atoms. The van der Waals surface area contributed by atoms with Crippen LogP contribution >= 0.6 is 11.8 Å². The fourth-order valence-electron chi connectivity index (χ4n) is 1.97. The number of amides is 1. The number of rotatable bonds is 4. The van der Waals surface area contributed by atoms with Crippen LogP contribution in [0.4, 0.5) is 5.69 Å². The molecule has 0 radical (unpaired) electrons. The van der Waals surface area contributed by atoms with Gasteiger partial charge in [-0.2, -0.15) is 11.8 Å². The standard InChI is InChI=1S/C13H15NO2S/c1-3-9-4-5-11-10(8-9)12(15)13(16)14(11)6-7-17-2/h4-5,8H,3,6-7H2,1-2H3. The molecule has 1 heterocycles. The van der Waals surface area contributed by atoms with Gasteiger partial charge < -0.3 is 4.90 Å². The molecule has 0 saturated heterocycles. The highest BCUT2D eigenvalue weighted by atomic mass is 32.2. The second-order valence-corrected chi connectivity index (χ2v) is 4.97. The maximum absolute atomic E-state index is 11.8. The van der Waals surface area contributed by atoms with Gasteiger partial charge in [0.1, 0.15) is 0 Å². The summed E-state index contributed by atoms with van der Waals surface area (Å²) < 4.78 is 0. The molecule has 1 aromatic carbocycles. The molecule has 1 amide bonds. The monoisotopic (exact) mass is 249 g/mol. The summed E-state index contributed by atoms with van der Waals surface area (Å²) in [5.41, 5.74) is 2.43. The molecule has 17 heavy (non-hydrogen) atoms. The van der Waals surface area contributed by atoms with Gasteiger partial charge in [0.25, 0.3) is 11.7 Å². The predicted molar refractivity (Wildman–Crippen MR) is 70.9 cm³/mol. The molecular formula is C13H15NO2S. The van der Waals surface area contributed by atoms with Gasteiger partial charge in [-0.25, -0.2) is 0 Å². The molecule has 0 N–H and O–H groups in total. The van der Waals surface area contributed by atoms with Crippen molar-refractivity contribution in [2.45, 2.75) is 13.3 Å². The van der Waals surface area contributed by atoms with Gasteiger partial charge in [-0.15, -0.1) is 0 Å². The van der Waals surface area contributed by atoms with E-state index in [1.807, 2.05) is 31.4 Å². The van der Waals surface area contributed by atoms with Crippen LogP contribution in [0.1, 0.15) is 22.8 Å². The maximum Gasteiger partial charge on any atom is 0.299 e. The lowest BCUT2D eigenvalue weighted by Gasteiger charge is -2.15. The Morgan fingerprint density at radius 2 is 2.06 bits per heavy atom. The molecular weight excluding hydrogens is 234 g/mol. The van der Waals surface area contributed by atoms with Crippen molar-refractivity contribution in [3.8, 4) is 0 Å².